The molecule has 3 heterocycles. The number of carboxylic acid groups (broad SMARTS) is 1. The Morgan fingerprint density at radius 1 is 1.21 bits per heavy atom. The van der Waals surface area contributed by atoms with E-state index in [4.69, 9.17) is 0 Å². The topological polar surface area (TPSA) is 129 Å². The zero-order valence-corrected chi connectivity index (χ0v) is 19.4. The lowest BCUT2D eigenvalue weighted by Crippen LogP contribution is -2.52. The second-order valence-corrected chi connectivity index (χ2v) is 10.4. The Balaban J connectivity index is 1.26. The Morgan fingerprint density at radius 2 is 1.94 bits per heavy atom. The van der Waals surface area contributed by atoms with Crippen LogP contribution in [-0.4, -0.2) is 61.0 Å². The van der Waals surface area contributed by atoms with Crippen molar-refractivity contribution in [2.45, 2.75) is 43.0 Å². The van der Waals surface area contributed by atoms with Gasteiger partial charge in [0.25, 0.3) is 0 Å². The van der Waals surface area contributed by atoms with Gasteiger partial charge in [0.2, 0.25) is 15.9 Å². The minimum Gasteiger partial charge on any atom is -0.480 e. The highest BCUT2D eigenvalue weighted by Gasteiger charge is 2.34. The van der Waals surface area contributed by atoms with Gasteiger partial charge in [-0.05, 0) is 67.5 Å². The molecule has 1 aromatic carbocycles. The number of hydrogen-bond acceptors (Lipinski definition) is 6. The molecule has 4 rings (SSSR count). The number of nitrogens with zero attached hydrogens (tertiary/aromatic N) is 2. The summed E-state index contributed by atoms with van der Waals surface area (Å²) in [6.07, 6.45) is 3.29. The van der Waals surface area contributed by atoms with Crippen LogP contribution in [0.4, 0.5) is 10.2 Å². The molecule has 1 unspecified atom stereocenters. The highest BCUT2D eigenvalue weighted by Crippen LogP contribution is 2.24. The monoisotopic (exact) mass is 490 g/mol. The molecule has 0 spiro atoms. The number of carbonyl (C=O) groups excluding carboxylic acids is 1. The number of pyridine rings is 1. The maximum absolute atomic E-state index is 13.1. The fourth-order valence-electron chi connectivity index (χ4n) is 4.17. The van der Waals surface area contributed by atoms with Crippen LogP contribution < -0.4 is 10.0 Å². The number of likely N-dealkylation sites (tertiary alicyclic amines) is 1. The molecule has 2 aliphatic rings. The average molecular weight is 491 g/mol. The van der Waals surface area contributed by atoms with E-state index in [-0.39, 0.29) is 10.8 Å². The third-order valence-corrected chi connectivity index (χ3v) is 7.66. The number of carboxylic acids is 1. The number of hydrogen-bond donors (Lipinski definition) is 3. The fraction of sp³-hybridized carbons (Fsp3) is 0.435. The summed E-state index contributed by atoms with van der Waals surface area (Å²) in [7, 11) is -4.22. The Labute approximate surface area is 197 Å². The number of carbonyl (C=O) groups is 2. The number of benzene rings is 1. The molecule has 9 nitrogen and oxygen atoms in total. The van der Waals surface area contributed by atoms with Gasteiger partial charge in [-0.2, -0.15) is 4.72 Å². The number of aromatic nitrogens is 1. The van der Waals surface area contributed by atoms with Crippen LogP contribution in [-0.2, 0) is 32.5 Å². The summed E-state index contributed by atoms with van der Waals surface area (Å²) in [5, 5.41) is 12.7. The molecule has 0 saturated carbocycles. The van der Waals surface area contributed by atoms with Gasteiger partial charge in [0, 0.05) is 25.3 Å². The molecule has 0 bridgehead atoms. The third kappa shape index (κ3) is 5.71. The molecule has 1 aromatic heterocycles. The minimum absolute atomic E-state index is 0.275. The molecule has 0 aliphatic carbocycles. The summed E-state index contributed by atoms with van der Waals surface area (Å²) in [5.74, 6) is -1.26. The Hall–Kier alpha value is -3.05. The van der Waals surface area contributed by atoms with Crippen molar-refractivity contribution in [1.82, 2.24) is 14.6 Å². The third-order valence-electron chi connectivity index (χ3n) is 6.17. The molecule has 2 aromatic rings. The van der Waals surface area contributed by atoms with Crippen LogP contribution in [0.5, 0.6) is 0 Å². The maximum atomic E-state index is 13.1. The number of nitrogens with one attached hydrogen (secondary N) is 2. The first kappa shape index (κ1) is 24.1. The first-order chi connectivity index (χ1) is 16.2. The molecule has 0 radical (unpaired) electrons. The zero-order valence-electron chi connectivity index (χ0n) is 18.5. The molecule has 1 fully saturated rings. The highest BCUT2D eigenvalue weighted by atomic mass is 32.2. The minimum atomic E-state index is -4.22. The lowest BCUT2D eigenvalue weighted by molar-refractivity contribution is -0.145. The molecule has 11 heteroatoms. The zero-order chi connectivity index (χ0) is 24.3. The molecule has 1 saturated heterocycles. The Kier molecular flexibility index (Phi) is 7.13. The summed E-state index contributed by atoms with van der Waals surface area (Å²) in [6.45, 7) is 1.93. The molecular weight excluding hydrogens is 463 g/mol. The summed E-state index contributed by atoms with van der Waals surface area (Å²) in [4.78, 5) is 30.1. The second kappa shape index (κ2) is 10.1. The van der Waals surface area contributed by atoms with Crippen molar-refractivity contribution < 1.29 is 27.5 Å². The molecule has 34 heavy (non-hydrogen) atoms. The summed E-state index contributed by atoms with van der Waals surface area (Å²) >= 11 is 0. The number of rotatable bonds is 9. The van der Waals surface area contributed by atoms with E-state index in [1.54, 1.807) is 0 Å². The van der Waals surface area contributed by atoms with E-state index >= 15 is 0 Å². The Morgan fingerprint density at radius 3 is 2.65 bits per heavy atom. The van der Waals surface area contributed by atoms with Crippen LogP contribution in [0.3, 0.4) is 0 Å². The van der Waals surface area contributed by atoms with Crippen LogP contribution in [0, 0.1) is 11.7 Å². The van der Waals surface area contributed by atoms with Crippen molar-refractivity contribution in [3.05, 3.63) is 53.5 Å². The van der Waals surface area contributed by atoms with E-state index in [0.29, 0.717) is 13.1 Å². The van der Waals surface area contributed by atoms with Gasteiger partial charge in [-0.15, -0.1) is 0 Å². The van der Waals surface area contributed by atoms with Gasteiger partial charge >= 0.3 is 5.97 Å². The van der Waals surface area contributed by atoms with Crippen molar-refractivity contribution >= 4 is 27.7 Å². The fourth-order valence-corrected chi connectivity index (χ4v) is 5.36. The van der Waals surface area contributed by atoms with Gasteiger partial charge in [-0.3, -0.25) is 9.59 Å². The quantitative estimate of drug-likeness (QED) is 0.489. The highest BCUT2D eigenvalue weighted by molar-refractivity contribution is 7.89. The van der Waals surface area contributed by atoms with Gasteiger partial charge < -0.3 is 15.3 Å². The molecule has 3 N–H and O–H groups in total. The SMILES string of the molecule is O=C(O)C(CC(=O)N1CC(CCc2ccc3c(n2)NCCC3)C1)NS(=O)(=O)c1ccc(F)cc1. The average Bonchev–Trinajstić information content (AvgIpc) is 2.77. The van der Waals surface area contributed by atoms with Crippen molar-refractivity contribution in [2.24, 2.45) is 5.92 Å². The molecular formula is C23H27FN4O5S. The standard InChI is InChI=1S/C23H27FN4O5S/c24-17-5-9-19(10-6-17)34(32,33)27-20(23(30)31)12-21(29)28-13-15(14-28)3-7-18-8-4-16-2-1-11-25-22(16)26-18/h4-6,8-10,15,20,27H,1-3,7,11-14H2,(H,25,26)(H,30,31). The van der Waals surface area contributed by atoms with E-state index in [9.17, 15) is 27.5 Å². The van der Waals surface area contributed by atoms with Gasteiger partial charge in [0.15, 0.2) is 0 Å². The normalized spacial score (nSPS) is 16.8. The summed E-state index contributed by atoms with van der Waals surface area (Å²) < 4.78 is 39.9. The van der Waals surface area contributed by atoms with Gasteiger partial charge in [0.05, 0.1) is 11.3 Å². The van der Waals surface area contributed by atoms with Crippen LogP contribution in [0.15, 0.2) is 41.3 Å². The number of anilines is 1. The van der Waals surface area contributed by atoms with E-state index in [2.05, 4.69) is 16.4 Å². The Bertz CT molecular complexity index is 1170. The van der Waals surface area contributed by atoms with Gasteiger partial charge in [0.1, 0.15) is 17.7 Å². The number of aliphatic carboxylic acids is 1. The first-order valence-electron chi connectivity index (χ1n) is 11.2. The van der Waals surface area contributed by atoms with Crippen LogP contribution in [0.25, 0.3) is 0 Å². The van der Waals surface area contributed by atoms with E-state index in [1.165, 1.54) is 10.5 Å². The van der Waals surface area contributed by atoms with E-state index in [0.717, 1.165) is 68.0 Å². The van der Waals surface area contributed by atoms with Crippen molar-refractivity contribution in [3.63, 3.8) is 0 Å². The molecule has 2 aliphatic heterocycles. The predicted octanol–water partition coefficient (Wildman–Crippen LogP) is 1.79. The lowest BCUT2D eigenvalue weighted by atomic mass is 9.93. The van der Waals surface area contributed by atoms with Crippen molar-refractivity contribution in [1.29, 1.82) is 0 Å². The first-order valence-corrected chi connectivity index (χ1v) is 12.7. The van der Waals surface area contributed by atoms with Gasteiger partial charge in [-0.25, -0.2) is 17.8 Å². The molecule has 1 atom stereocenters. The summed E-state index contributed by atoms with van der Waals surface area (Å²) in [6, 6.07) is 6.53. The largest absolute Gasteiger partial charge is 0.480 e. The second-order valence-electron chi connectivity index (χ2n) is 8.71. The number of fused-ring (bicyclic) bond motifs is 1. The predicted molar refractivity (Wildman–Crippen MR) is 122 cm³/mol. The van der Waals surface area contributed by atoms with Crippen LogP contribution in [0.1, 0.15) is 30.5 Å². The van der Waals surface area contributed by atoms with Crippen LogP contribution in [0.2, 0.25) is 0 Å². The van der Waals surface area contributed by atoms with E-state index in [1.807, 2.05) is 10.8 Å². The smallest absolute Gasteiger partial charge is 0.322 e. The summed E-state index contributed by atoms with van der Waals surface area (Å²) in [5.41, 5.74) is 2.23. The van der Waals surface area contributed by atoms with Crippen molar-refractivity contribution in [2.75, 3.05) is 25.0 Å². The molecule has 1 amide bonds. The lowest BCUT2D eigenvalue weighted by Gasteiger charge is -2.40. The van der Waals surface area contributed by atoms with Crippen LogP contribution >= 0.6 is 0 Å². The van der Waals surface area contributed by atoms with Gasteiger partial charge in [-0.1, -0.05) is 6.07 Å². The number of sulfonamides is 1. The number of amides is 1. The number of halogens is 1. The molecule has 182 valence electrons. The maximum Gasteiger partial charge on any atom is 0.322 e. The van der Waals surface area contributed by atoms with E-state index < -0.39 is 40.2 Å². The van der Waals surface area contributed by atoms with Crippen molar-refractivity contribution in [3.8, 4) is 0 Å². The number of aryl methyl sites for hydroxylation is 2.